The molecule has 3 aromatic rings. The van der Waals surface area contributed by atoms with Crippen LogP contribution in [0.25, 0.3) is 10.1 Å². The Labute approximate surface area is 126 Å². The minimum absolute atomic E-state index is 0.0736. The highest BCUT2D eigenvalue weighted by atomic mass is 32.1. The summed E-state index contributed by atoms with van der Waals surface area (Å²) in [6, 6.07) is 11.7. The average Bonchev–Trinajstić information content (AvgIpc) is 2.87. The second-order valence-electron chi connectivity index (χ2n) is 5.13. The molecule has 3 rings (SSSR count). The van der Waals surface area contributed by atoms with Crippen LogP contribution in [0.2, 0.25) is 0 Å². The number of fused-ring (bicyclic) bond motifs is 1. The fourth-order valence-electron chi connectivity index (χ4n) is 2.54. The van der Waals surface area contributed by atoms with Crippen molar-refractivity contribution in [2.45, 2.75) is 18.9 Å². The Bertz CT molecular complexity index is 746. The van der Waals surface area contributed by atoms with Crippen molar-refractivity contribution in [3.63, 3.8) is 0 Å². The maximum absolute atomic E-state index is 13.6. The standard InChI is InChI=1S/C17H15F2NS/c18-15-5-3-6-16(19)14(15)9-12(20)8-11-10-21-17-7-2-1-4-13(11)17/h1-7,10,12H,8-9,20H2. The van der Waals surface area contributed by atoms with E-state index < -0.39 is 11.6 Å². The first-order chi connectivity index (χ1) is 10.1. The van der Waals surface area contributed by atoms with Crippen LogP contribution in [0.5, 0.6) is 0 Å². The zero-order chi connectivity index (χ0) is 14.8. The van der Waals surface area contributed by atoms with Crippen LogP contribution in [-0.4, -0.2) is 6.04 Å². The summed E-state index contributed by atoms with van der Waals surface area (Å²) in [6.45, 7) is 0. The van der Waals surface area contributed by atoms with E-state index in [1.54, 1.807) is 11.3 Å². The maximum atomic E-state index is 13.6. The molecule has 21 heavy (non-hydrogen) atoms. The van der Waals surface area contributed by atoms with E-state index in [9.17, 15) is 8.78 Å². The molecule has 2 N–H and O–H groups in total. The largest absolute Gasteiger partial charge is 0.327 e. The number of halogens is 2. The molecule has 0 aliphatic rings. The van der Waals surface area contributed by atoms with E-state index in [1.165, 1.54) is 28.3 Å². The van der Waals surface area contributed by atoms with Crippen molar-refractivity contribution in [1.29, 1.82) is 0 Å². The second-order valence-corrected chi connectivity index (χ2v) is 6.04. The van der Waals surface area contributed by atoms with Crippen LogP contribution in [0.4, 0.5) is 8.78 Å². The first-order valence-electron chi connectivity index (χ1n) is 6.78. The summed E-state index contributed by atoms with van der Waals surface area (Å²) in [5.74, 6) is -1.05. The van der Waals surface area contributed by atoms with Crippen molar-refractivity contribution < 1.29 is 8.78 Å². The molecular weight excluding hydrogens is 288 g/mol. The smallest absolute Gasteiger partial charge is 0.129 e. The Hall–Kier alpha value is -1.78. The lowest BCUT2D eigenvalue weighted by atomic mass is 9.99. The van der Waals surface area contributed by atoms with Crippen LogP contribution >= 0.6 is 11.3 Å². The van der Waals surface area contributed by atoms with Gasteiger partial charge in [-0.2, -0.15) is 0 Å². The summed E-state index contributed by atoms with van der Waals surface area (Å²) < 4.78 is 28.5. The minimum Gasteiger partial charge on any atom is -0.327 e. The fraction of sp³-hybridized carbons (Fsp3) is 0.176. The van der Waals surface area contributed by atoms with Crippen molar-refractivity contribution in [3.05, 3.63) is 70.6 Å². The zero-order valence-corrected chi connectivity index (χ0v) is 12.2. The molecule has 0 fully saturated rings. The Kier molecular flexibility index (Phi) is 3.99. The van der Waals surface area contributed by atoms with Gasteiger partial charge in [0.1, 0.15) is 11.6 Å². The molecule has 1 nitrogen and oxygen atoms in total. The van der Waals surface area contributed by atoms with Gasteiger partial charge in [0.2, 0.25) is 0 Å². The molecule has 4 heteroatoms. The molecule has 0 aliphatic heterocycles. The third-order valence-corrected chi connectivity index (χ3v) is 4.58. The Morgan fingerprint density at radius 1 is 0.952 bits per heavy atom. The first-order valence-corrected chi connectivity index (χ1v) is 7.66. The molecule has 1 heterocycles. The van der Waals surface area contributed by atoms with Crippen LogP contribution in [0.15, 0.2) is 47.8 Å². The summed E-state index contributed by atoms with van der Waals surface area (Å²) in [7, 11) is 0. The van der Waals surface area contributed by atoms with Gasteiger partial charge in [-0.15, -0.1) is 11.3 Å². The van der Waals surface area contributed by atoms with E-state index in [1.807, 2.05) is 12.1 Å². The molecule has 0 aliphatic carbocycles. The topological polar surface area (TPSA) is 26.0 Å². The number of hydrogen-bond acceptors (Lipinski definition) is 2. The van der Waals surface area contributed by atoms with Crippen molar-refractivity contribution in [1.82, 2.24) is 0 Å². The normalized spacial score (nSPS) is 12.7. The van der Waals surface area contributed by atoms with Crippen LogP contribution in [0, 0.1) is 11.6 Å². The quantitative estimate of drug-likeness (QED) is 0.764. The Balaban J connectivity index is 1.79. The first kappa shape index (κ1) is 14.2. The van der Waals surface area contributed by atoms with Crippen LogP contribution < -0.4 is 5.73 Å². The highest BCUT2D eigenvalue weighted by Gasteiger charge is 2.14. The fourth-order valence-corrected chi connectivity index (χ4v) is 3.51. The number of thiophene rings is 1. The SMILES string of the molecule is NC(Cc1c(F)cccc1F)Cc1csc2ccccc12. The van der Waals surface area contributed by atoms with E-state index in [4.69, 9.17) is 5.73 Å². The number of benzene rings is 2. The van der Waals surface area contributed by atoms with Gasteiger partial charge in [0, 0.05) is 16.3 Å². The van der Waals surface area contributed by atoms with E-state index >= 15 is 0 Å². The van der Waals surface area contributed by atoms with Crippen LogP contribution in [-0.2, 0) is 12.8 Å². The molecule has 1 unspecified atom stereocenters. The van der Waals surface area contributed by atoms with Crippen molar-refractivity contribution >= 4 is 21.4 Å². The molecule has 0 radical (unpaired) electrons. The van der Waals surface area contributed by atoms with Gasteiger partial charge in [-0.25, -0.2) is 8.78 Å². The van der Waals surface area contributed by atoms with Crippen LogP contribution in [0.3, 0.4) is 0 Å². The van der Waals surface area contributed by atoms with Crippen molar-refractivity contribution in [2.24, 2.45) is 5.73 Å². The van der Waals surface area contributed by atoms with Gasteiger partial charge in [-0.3, -0.25) is 0 Å². The molecule has 1 atom stereocenters. The zero-order valence-electron chi connectivity index (χ0n) is 11.4. The van der Waals surface area contributed by atoms with Crippen molar-refractivity contribution in [2.75, 3.05) is 0 Å². The number of rotatable bonds is 4. The third-order valence-electron chi connectivity index (χ3n) is 3.57. The van der Waals surface area contributed by atoms with E-state index in [2.05, 4.69) is 17.5 Å². The van der Waals surface area contributed by atoms with Gasteiger partial charge in [0.05, 0.1) is 0 Å². The molecular formula is C17H15F2NS. The molecule has 0 amide bonds. The lowest BCUT2D eigenvalue weighted by Gasteiger charge is -2.12. The molecule has 0 bridgehead atoms. The molecule has 108 valence electrons. The molecule has 0 saturated heterocycles. The summed E-state index contributed by atoms with van der Waals surface area (Å²) >= 11 is 1.66. The molecule has 0 saturated carbocycles. The van der Waals surface area contributed by atoms with E-state index in [-0.39, 0.29) is 18.0 Å². The average molecular weight is 303 g/mol. The minimum atomic E-state index is -0.527. The monoisotopic (exact) mass is 303 g/mol. The maximum Gasteiger partial charge on any atom is 0.129 e. The number of nitrogens with two attached hydrogens (primary N) is 1. The summed E-state index contributed by atoms with van der Waals surface area (Å²) in [5, 5.41) is 3.24. The summed E-state index contributed by atoms with van der Waals surface area (Å²) in [4.78, 5) is 0. The molecule has 0 spiro atoms. The lowest BCUT2D eigenvalue weighted by molar-refractivity contribution is 0.534. The van der Waals surface area contributed by atoms with E-state index in [0.29, 0.717) is 6.42 Å². The Morgan fingerprint density at radius 3 is 2.43 bits per heavy atom. The summed E-state index contributed by atoms with van der Waals surface area (Å²) in [6.07, 6.45) is 0.806. The second kappa shape index (κ2) is 5.92. The van der Waals surface area contributed by atoms with Crippen LogP contribution in [0.1, 0.15) is 11.1 Å². The predicted octanol–water partition coefficient (Wildman–Crippen LogP) is 4.29. The third kappa shape index (κ3) is 2.96. The van der Waals surface area contributed by atoms with Gasteiger partial charge in [0.25, 0.3) is 0 Å². The predicted molar refractivity (Wildman–Crippen MR) is 83.6 cm³/mol. The Morgan fingerprint density at radius 2 is 1.67 bits per heavy atom. The summed E-state index contributed by atoms with van der Waals surface area (Å²) in [5.41, 5.74) is 7.31. The van der Waals surface area contributed by atoms with Crippen molar-refractivity contribution in [3.8, 4) is 0 Å². The van der Waals surface area contributed by atoms with Gasteiger partial charge < -0.3 is 5.73 Å². The van der Waals surface area contributed by atoms with Gasteiger partial charge in [-0.1, -0.05) is 24.3 Å². The van der Waals surface area contributed by atoms with E-state index in [0.717, 1.165) is 5.56 Å². The van der Waals surface area contributed by atoms with Gasteiger partial charge in [0.15, 0.2) is 0 Å². The lowest BCUT2D eigenvalue weighted by Crippen LogP contribution is -2.26. The highest BCUT2D eigenvalue weighted by molar-refractivity contribution is 7.17. The highest BCUT2D eigenvalue weighted by Crippen LogP contribution is 2.27. The molecule has 1 aromatic heterocycles. The number of hydrogen-bond donors (Lipinski definition) is 1. The van der Waals surface area contributed by atoms with Gasteiger partial charge >= 0.3 is 0 Å². The molecule has 2 aromatic carbocycles. The van der Waals surface area contributed by atoms with Gasteiger partial charge in [-0.05, 0) is 47.4 Å².